The van der Waals surface area contributed by atoms with E-state index in [0.717, 1.165) is 0 Å². The summed E-state index contributed by atoms with van der Waals surface area (Å²) in [4.78, 5) is 19.5. The fourth-order valence-corrected chi connectivity index (χ4v) is 1.23. The number of Topliss-reactive ketones (excluding diaryl/α,β-unsaturated/α-hetero) is 1. The molecule has 1 unspecified atom stereocenters. The first-order chi connectivity index (χ1) is 5.61. The Morgan fingerprint density at radius 1 is 1.38 bits per heavy atom. The number of carbonyl (C=O) groups is 1. The summed E-state index contributed by atoms with van der Waals surface area (Å²) in [6, 6.07) is 6.05. The van der Waals surface area contributed by atoms with Crippen LogP contribution in [0.1, 0.15) is 18.7 Å². The number of carbonyl (C=O) groups excluding carboxylic acids is 1. The van der Waals surface area contributed by atoms with Crippen LogP contribution in [-0.2, 0) is 4.57 Å². The maximum absolute atomic E-state index is 10.8. The molecule has 1 aromatic rings. The van der Waals surface area contributed by atoms with Crippen LogP contribution in [0.25, 0.3) is 0 Å². The third kappa shape index (κ3) is 3.67. The van der Waals surface area contributed by atoms with E-state index in [0.29, 0.717) is 10.9 Å². The smallest absolute Gasteiger partial charge is 1.00 e. The van der Waals surface area contributed by atoms with Crippen LogP contribution in [0, 0.1) is 0 Å². The molecule has 0 aliphatic heterocycles. The molecule has 0 saturated carbocycles. The molecular weight excluding hydrogens is 198 g/mol. The normalized spacial score (nSPS) is 10.2. The molecule has 0 amide bonds. The number of ketones is 1. The van der Waals surface area contributed by atoms with Gasteiger partial charge in [0, 0.05) is 5.56 Å². The molecule has 13 heavy (non-hydrogen) atoms. The van der Waals surface area contributed by atoms with Crippen LogP contribution < -0.4 is 34.9 Å². The summed E-state index contributed by atoms with van der Waals surface area (Å²) in [6.07, 6.45) is 0. The van der Waals surface area contributed by atoms with Crippen molar-refractivity contribution in [1.82, 2.24) is 0 Å². The quantitative estimate of drug-likeness (QED) is 0.359. The zero-order chi connectivity index (χ0) is 9.14. The van der Waals surface area contributed by atoms with E-state index in [1.165, 1.54) is 19.1 Å². The number of hydrogen-bond donors (Lipinski definition) is 1. The zero-order valence-corrected chi connectivity index (χ0v) is 10.4. The maximum atomic E-state index is 10.8. The predicted octanol–water partition coefficient (Wildman–Crippen LogP) is -1.63. The molecule has 1 N–H and O–H groups in total. The van der Waals surface area contributed by atoms with Crippen LogP contribution in [0.4, 0.5) is 0 Å². The van der Waals surface area contributed by atoms with Gasteiger partial charge in [-0.3, -0.25) is 4.79 Å². The first-order valence-corrected chi connectivity index (χ1v) is 4.59. The minimum atomic E-state index is -2.29. The van der Waals surface area contributed by atoms with Crippen LogP contribution in [0.2, 0.25) is 0 Å². The van der Waals surface area contributed by atoms with E-state index in [1.54, 1.807) is 12.1 Å². The summed E-state index contributed by atoms with van der Waals surface area (Å²) >= 11 is 0. The fourth-order valence-electron chi connectivity index (χ4n) is 0.824. The number of benzene rings is 1. The monoisotopic (exact) mass is 207 g/mol. The van der Waals surface area contributed by atoms with Gasteiger partial charge in [0.25, 0.3) is 0 Å². The topological polar surface area (TPSA) is 54.4 Å². The van der Waals surface area contributed by atoms with Crippen molar-refractivity contribution in [1.29, 1.82) is 0 Å². The van der Waals surface area contributed by atoms with Crippen LogP contribution >= 0.6 is 8.03 Å². The van der Waals surface area contributed by atoms with Crippen molar-refractivity contribution in [2.45, 2.75) is 6.92 Å². The number of rotatable bonds is 2. The van der Waals surface area contributed by atoms with Gasteiger partial charge in [0.15, 0.2) is 5.78 Å². The Morgan fingerprint density at radius 3 is 2.15 bits per heavy atom. The van der Waals surface area contributed by atoms with Gasteiger partial charge in [0.1, 0.15) is 0 Å². The molecule has 0 aliphatic rings. The molecule has 0 saturated heterocycles. The predicted molar refractivity (Wildman–Crippen MR) is 47.0 cm³/mol. The van der Waals surface area contributed by atoms with E-state index in [1.807, 2.05) is 0 Å². The molecular formula is C8H9NaO3P+. The minimum absolute atomic E-state index is 0. The van der Waals surface area contributed by atoms with Crippen molar-refractivity contribution in [3.05, 3.63) is 29.8 Å². The molecule has 0 bridgehead atoms. The Bertz CT molecular complexity index is 293. The summed E-state index contributed by atoms with van der Waals surface area (Å²) in [5.41, 5.74) is 0.551. The van der Waals surface area contributed by atoms with E-state index >= 15 is 0 Å². The summed E-state index contributed by atoms with van der Waals surface area (Å²) < 4.78 is 10.5. The van der Waals surface area contributed by atoms with E-state index in [-0.39, 0.29) is 36.8 Å². The van der Waals surface area contributed by atoms with Crippen molar-refractivity contribution in [2.24, 2.45) is 0 Å². The molecule has 0 spiro atoms. The average molecular weight is 207 g/mol. The Labute approximate surface area is 101 Å². The SMILES string of the molecule is CC(=O)c1ccc([P+](=O)O)cc1.[H-].[Na+]. The van der Waals surface area contributed by atoms with Gasteiger partial charge in [-0.1, -0.05) is 0 Å². The van der Waals surface area contributed by atoms with Gasteiger partial charge in [0.05, 0.1) is 0 Å². The molecule has 0 heterocycles. The Morgan fingerprint density at radius 2 is 1.85 bits per heavy atom. The second-order valence-corrected chi connectivity index (χ2v) is 3.44. The van der Waals surface area contributed by atoms with Gasteiger partial charge in [0.2, 0.25) is 5.30 Å². The first kappa shape index (κ1) is 12.9. The summed E-state index contributed by atoms with van der Waals surface area (Å²) in [6.45, 7) is 1.45. The molecule has 0 radical (unpaired) electrons. The van der Waals surface area contributed by atoms with Gasteiger partial charge in [-0.05, 0) is 35.8 Å². The van der Waals surface area contributed by atoms with E-state index < -0.39 is 8.03 Å². The van der Waals surface area contributed by atoms with Crippen molar-refractivity contribution in [3.63, 3.8) is 0 Å². The zero-order valence-electron chi connectivity index (χ0n) is 8.52. The third-order valence-corrected chi connectivity index (χ3v) is 2.23. The van der Waals surface area contributed by atoms with Gasteiger partial charge in [-0.25, -0.2) is 0 Å². The Hall–Kier alpha value is -0.0500. The standard InChI is InChI=1S/C8H7O3P.Na.H/c1-6(9)7-2-4-8(5-3-7)12(10)11;;/h2-5H,1H3;;/q;+1;-1/p+1. The molecule has 5 heteroatoms. The summed E-state index contributed by atoms with van der Waals surface area (Å²) in [5.74, 6) is -0.0466. The van der Waals surface area contributed by atoms with Gasteiger partial charge in [-0.15, -0.1) is 0 Å². The van der Waals surface area contributed by atoms with E-state index in [9.17, 15) is 9.36 Å². The second-order valence-electron chi connectivity index (χ2n) is 2.38. The van der Waals surface area contributed by atoms with Crippen LogP contribution in [0.15, 0.2) is 24.3 Å². The largest absolute Gasteiger partial charge is 1.00 e. The minimum Gasteiger partial charge on any atom is -1.00 e. The van der Waals surface area contributed by atoms with Gasteiger partial charge >= 0.3 is 37.6 Å². The second kappa shape index (κ2) is 5.63. The van der Waals surface area contributed by atoms with Crippen LogP contribution in [0.5, 0.6) is 0 Å². The molecule has 0 fully saturated rings. The first-order valence-electron chi connectivity index (χ1n) is 3.38. The molecule has 0 aromatic heterocycles. The summed E-state index contributed by atoms with van der Waals surface area (Å²) in [7, 11) is -2.29. The average Bonchev–Trinajstić information content (AvgIpc) is 2.04. The van der Waals surface area contributed by atoms with Crippen molar-refractivity contribution in [2.75, 3.05) is 0 Å². The van der Waals surface area contributed by atoms with E-state index in [4.69, 9.17) is 4.89 Å². The number of hydrogen-bond acceptors (Lipinski definition) is 2. The Balaban J connectivity index is 0. The molecule has 64 valence electrons. The molecule has 1 aromatic carbocycles. The molecule has 3 nitrogen and oxygen atoms in total. The molecule has 0 aliphatic carbocycles. The van der Waals surface area contributed by atoms with Gasteiger partial charge in [-0.2, -0.15) is 4.89 Å². The van der Waals surface area contributed by atoms with Crippen molar-refractivity contribution < 1.29 is 45.2 Å². The van der Waals surface area contributed by atoms with Gasteiger partial charge < -0.3 is 1.43 Å². The van der Waals surface area contributed by atoms with E-state index in [2.05, 4.69) is 0 Å². The summed E-state index contributed by atoms with van der Waals surface area (Å²) in [5, 5.41) is 0.343. The van der Waals surface area contributed by atoms with Crippen LogP contribution in [-0.4, -0.2) is 10.7 Å². The fraction of sp³-hybridized carbons (Fsp3) is 0.125. The van der Waals surface area contributed by atoms with Crippen molar-refractivity contribution >= 4 is 19.1 Å². The van der Waals surface area contributed by atoms with Crippen molar-refractivity contribution in [3.8, 4) is 0 Å². The molecule has 1 atom stereocenters. The molecule has 1 rings (SSSR count). The maximum Gasteiger partial charge on any atom is 1.00 e. The third-order valence-electron chi connectivity index (χ3n) is 1.49. The van der Waals surface area contributed by atoms with Crippen LogP contribution in [0.3, 0.4) is 0 Å². The Kier molecular flexibility index (Phi) is 5.61.